The summed E-state index contributed by atoms with van der Waals surface area (Å²) >= 11 is 0. The number of carbonyl (C=O) groups is 1. The first-order valence-electron chi connectivity index (χ1n) is 10.2. The fourth-order valence-electron chi connectivity index (χ4n) is 3.62. The number of likely N-dealkylation sites (tertiary alicyclic amines) is 1. The van der Waals surface area contributed by atoms with Gasteiger partial charge in [0.15, 0.2) is 0 Å². The molecule has 1 unspecified atom stereocenters. The van der Waals surface area contributed by atoms with Crippen LogP contribution in [0.3, 0.4) is 0 Å². The third-order valence-electron chi connectivity index (χ3n) is 5.02. The molecule has 2 aromatic carbocycles. The molecule has 3 N–H and O–H groups in total. The van der Waals surface area contributed by atoms with E-state index in [-0.39, 0.29) is 19.4 Å². The molecule has 0 aromatic heterocycles. The Balaban J connectivity index is 0.00000300. The van der Waals surface area contributed by atoms with E-state index in [4.69, 9.17) is 10.5 Å². The standard InChI is InChI=1S/C23H31N3O2.CH4/c1-17(2)16-26-14-5-6-19(13-15-26)28-20-11-9-18(10-12-20)23(27)25-22-8-4-3-7-21(22)24;/h3-4,7-12,17,19H,5-6,13-16,24H2,1-2H3,(H,25,27);1H4. The van der Waals surface area contributed by atoms with Crippen molar-refractivity contribution in [3.8, 4) is 5.75 Å². The number of hydrogen-bond donors (Lipinski definition) is 2. The molecule has 1 saturated heterocycles. The van der Waals surface area contributed by atoms with E-state index in [1.165, 1.54) is 0 Å². The van der Waals surface area contributed by atoms with Crippen LogP contribution in [0.25, 0.3) is 0 Å². The van der Waals surface area contributed by atoms with Crippen molar-refractivity contribution in [1.82, 2.24) is 4.90 Å². The second-order valence-corrected chi connectivity index (χ2v) is 7.93. The Hall–Kier alpha value is -2.53. The molecule has 1 aliphatic rings. The first-order chi connectivity index (χ1) is 13.5. The first-order valence-corrected chi connectivity index (χ1v) is 10.2. The third-order valence-corrected chi connectivity index (χ3v) is 5.02. The summed E-state index contributed by atoms with van der Waals surface area (Å²) in [6.07, 6.45) is 3.52. The number of anilines is 2. The summed E-state index contributed by atoms with van der Waals surface area (Å²) in [6, 6.07) is 14.6. The van der Waals surface area contributed by atoms with Gasteiger partial charge in [0.25, 0.3) is 5.91 Å². The topological polar surface area (TPSA) is 67.6 Å². The number of amides is 1. The van der Waals surface area contributed by atoms with Crippen LogP contribution in [0.1, 0.15) is 50.9 Å². The lowest BCUT2D eigenvalue weighted by Crippen LogP contribution is -2.29. The Bertz CT molecular complexity index is 774. The van der Waals surface area contributed by atoms with Gasteiger partial charge in [-0.05, 0) is 68.1 Å². The molecule has 1 amide bonds. The second-order valence-electron chi connectivity index (χ2n) is 7.93. The molecule has 1 fully saturated rings. The van der Waals surface area contributed by atoms with Gasteiger partial charge >= 0.3 is 0 Å². The highest BCUT2D eigenvalue weighted by Crippen LogP contribution is 2.22. The van der Waals surface area contributed by atoms with Gasteiger partial charge in [0.05, 0.1) is 17.5 Å². The number of carbonyl (C=O) groups excluding carboxylic acids is 1. The molecule has 29 heavy (non-hydrogen) atoms. The van der Waals surface area contributed by atoms with Gasteiger partial charge in [-0.2, -0.15) is 0 Å². The Morgan fingerprint density at radius 2 is 1.86 bits per heavy atom. The largest absolute Gasteiger partial charge is 0.490 e. The molecular formula is C24H35N3O2. The van der Waals surface area contributed by atoms with E-state index >= 15 is 0 Å². The van der Waals surface area contributed by atoms with E-state index in [9.17, 15) is 4.79 Å². The van der Waals surface area contributed by atoms with Crippen molar-refractivity contribution < 1.29 is 9.53 Å². The van der Waals surface area contributed by atoms with Gasteiger partial charge < -0.3 is 20.7 Å². The lowest BCUT2D eigenvalue weighted by Gasteiger charge is -2.22. The first kappa shape index (κ1) is 22.8. The number of hydrogen-bond acceptors (Lipinski definition) is 4. The van der Waals surface area contributed by atoms with Gasteiger partial charge in [-0.25, -0.2) is 0 Å². The molecule has 5 nitrogen and oxygen atoms in total. The highest BCUT2D eigenvalue weighted by molar-refractivity contribution is 6.05. The number of ether oxygens (including phenoxy) is 1. The maximum atomic E-state index is 12.4. The maximum absolute atomic E-state index is 12.4. The Morgan fingerprint density at radius 3 is 2.55 bits per heavy atom. The number of benzene rings is 2. The van der Waals surface area contributed by atoms with Crippen molar-refractivity contribution in [3.63, 3.8) is 0 Å². The van der Waals surface area contributed by atoms with Gasteiger partial charge in [0.2, 0.25) is 0 Å². The summed E-state index contributed by atoms with van der Waals surface area (Å²) in [4.78, 5) is 15.0. The lowest BCUT2D eigenvalue weighted by molar-refractivity contribution is 0.102. The quantitative estimate of drug-likeness (QED) is 0.670. The number of rotatable bonds is 6. The monoisotopic (exact) mass is 397 g/mol. The number of nitrogens with one attached hydrogen (secondary N) is 1. The highest BCUT2D eigenvalue weighted by Gasteiger charge is 2.19. The molecule has 2 aromatic rings. The summed E-state index contributed by atoms with van der Waals surface area (Å²) < 4.78 is 6.18. The van der Waals surface area contributed by atoms with Gasteiger partial charge in [-0.15, -0.1) is 0 Å². The highest BCUT2D eigenvalue weighted by atomic mass is 16.5. The van der Waals surface area contributed by atoms with E-state index in [1.807, 2.05) is 24.3 Å². The van der Waals surface area contributed by atoms with E-state index in [2.05, 4.69) is 24.1 Å². The molecule has 0 radical (unpaired) electrons. The van der Waals surface area contributed by atoms with Crippen molar-refractivity contribution in [1.29, 1.82) is 0 Å². The van der Waals surface area contributed by atoms with Crippen LogP contribution in [0.2, 0.25) is 0 Å². The SMILES string of the molecule is C.CC(C)CN1CCCC(Oc2ccc(C(=O)Nc3ccccc3N)cc2)CC1. The average molecular weight is 398 g/mol. The molecule has 158 valence electrons. The van der Waals surface area contributed by atoms with Crippen LogP contribution in [-0.4, -0.2) is 36.5 Å². The van der Waals surface area contributed by atoms with Crippen molar-refractivity contribution in [3.05, 3.63) is 54.1 Å². The fourth-order valence-corrected chi connectivity index (χ4v) is 3.62. The van der Waals surface area contributed by atoms with E-state index in [0.717, 1.165) is 44.6 Å². The number of nitrogens with zero attached hydrogens (tertiary/aromatic N) is 1. The smallest absolute Gasteiger partial charge is 0.255 e. The van der Waals surface area contributed by atoms with Crippen molar-refractivity contribution in [2.75, 3.05) is 30.7 Å². The molecule has 0 saturated carbocycles. The molecule has 0 bridgehead atoms. The van der Waals surface area contributed by atoms with Crippen LogP contribution in [0, 0.1) is 5.92 Å². The van der Waals surface area contributed by atoms with Crippen LogP contribution < -0.4 is 15.8 Å². The van der Waals surface area contributed by atoms with Crippen LogP contribution in [0.15, 0.2) is 48.5 Å². The van der Waals surface area contributed by atoms with Crippen LogP contribution in [-0.2, 0) is 0 Å². The van der Waals surface area contributed by atoms with E-state index in [1.54, 1.807) is 24.3 Å². The van der Waals surface area contributed by atoms with Crippen molar-refractivity contribution in [2.24, 2.45) is 5.92 Å². The molecule has 5 heteroatoms. The number of para-hydroxylation sites is 2. The minimum Gasteiger partial charge on any atom is -0.490 e. The second kappa shape index (κ2) is 10.9. The summed E-state index contributed by atoms with van der Waals surface area (Å²) in [5.41, 5.74) is 7.64. The molecule has 1 atom stereocenters. The van der Waals surface area contributed by atoms with Gasteiger partial charge in [-0.1, -0.05) is 33.4 Å². The molecule has 3 rings (SSSR count). The summed E-state index contributed by atoms with van der Waals surface area (Å²) in [5, 5.41) is 2.85. The molecular weight excluding hydrogens is 362 g/mol. The lowest BCUT2D eigenvalue weighted by atomic mass is 10.1. The Morgan fingerprint density at radius 1 is 1.14 bits per heavy atom. The fraction of sp³-hybridized carbons (Fsp3) is 0.458. The zero-order valence-electron chi connectivity index (χ0n) is 16.9. The van der Waals surface area contributed by atoms with Crippen molar-refractivity contribution >= 4 is 17.3 Å². The van der Waals surface area contributed by atoms with Crippen LogP contribution in [0.5, 0.6) is 5.75 Å². The minimum absolute atomic E-state index is 0. The molecule has 0 spiro atoms. The molecule has 0 aliphatic carbocycles. The average Bonchev–Trinajstić information content (AvgIpc) is 2.89. The zero-order valence-corrected chi connectivity index (χ0v) is 16.9. The van der Waals surface area contributed by atoms with Gasteiger partial charge in [-0.3, -0.25) is 4.79 Å². The number of nitrogens with two attached hydrogens (primary N) is 1. The van der Waals surface area contributed by atoms with Crippen molar-refractivity contribution in [2.45, 2.75) is 46.6 Å². The maximum Gasteiger partial charge on any atom is 0.255 e. The summed E-state index contributed by atoms with van der Waals surface area (Å²) in [7, 11) is 0. The van der Waals surface area contributed by atoms with Gasteiger partial charge in [0.1, 0.15) is 5.75 Å². The summed E-state index contributed by atoms with van der Waals surface area (Å²) in [6.45, 7) is 7.93. The van der Waals surface area contributed by atoms with E-state index < -0.39 is 0 Å². The normalized spacial score (nSPS) is 17.3. The predicted molar refractivity (Wildman–Crippen MR) is 122 cm³/mol. The predicted octanol–water partition coefficient (Wildman–Crippen LogP) is 5.05. The summed E-state index contributed by atoms with van der Waals surface area (Å²) in [5.74, 6) is 1.34. The Kier molecular flexibility index (Phi) is 8.52. The van der Waals surface area contributed by atoms with Crippen LogP contribution >= 0.6 is 0 Å². The minimum atomic E-state index is -0.178. The Labute approximate surface area is 175 Å². The van der Waals surface area contributed by atoms with Crippen LogP contribution in [0.4, 0.5) is 11.4 Å². The zero-order chi connectivity index (χ0) is 19.9. The number of nitrogen functional groups attached to an aromatic ring is 1. The van der Waals surface area contributed by atoms with E-state index in [0.29, 0.717) is 22.9 Å². The molecule has 1 heterocycles. The van der Waals surface area contributed by atoms with Gasteiger partial charge in [0, 0.05) is 18.7 Å². The molecule has 1 aliphatic heterocycles. The third kappa shape index (κ3) is 6.79.